The van der Waals surface area contributed by atoms with Crippen molar-refractivity contribution in [2.75, 3.05) is 6.61 Å². The van der Waals surface area contributed by atoms with Gasteiger partial charge in [-0.25, -0.2) is 0 Å². The van der Waals surface area contributed by atoms with Gasteiger partial charge in [0, 0.05) is 0 Å². The topological polar surface area (TPSA) is 88.0 Å². The number of ether oxygens (including phenoxy) is 2. The van der Waals surface area contributed by atoms with Crippen molar-refractivity contribution in [1.29, 1.82) is 0 Å². The molecule has 3 heterocycles. The summed E-state index contributed by atoms with van der Waals surface area (Å²) in [6.45, 7) is 9.15. The molecule has 37 heavy (non-hydrogen) atoms. The van der Waals surface area contributed by atoms with E-state index >= 15 is 0 Å². The molecule has 1 aliphatic carbocycles. The standard InChI is InChI=1S/C31H45NO5/c1-20-12-13-36-25(15-20)10-11-29(33)28-19-23-18-27(23)30(34)17-22(3)14-21(2)16-26-8-4-6-24(37-26)7-5-9-31(35)32-28/h4-6,9-12,21,23-30,33-34H,3,7-8,13-19H2,1-2H3,(H,32,35)/b9-5-,11-10+/t21-,23-,24-,25+,26-,27+,28-,29-,30-/m0/s1. The smallest absolute Gasteiger partial charge is 0.243 e. The van der Waals surface area contributed by atoms with Crippen LogP contribution in [0.5, 0.6) is 0 Å². The van der Waals surface area contributed by atoms with Crippen molar-refractivity contribution in [1.82, 2.24) is 5.32 Å². The first-order chi connectivity index (χ1) is 17.8. The number of aliphatic hydroxyl groups is 2. The maximum absolute atomic E-state index is 12.8. The van der Waals surface area contributed by atoms with Crippen molar-refractivity contribution in [3.05, 3.63) is 60.3 Å². The van der Waals surface area contributed by atoms with Gasteiger partial charge in [0.2, 0.25) is 5.91 Å². The van der Waals surface area contributed by atoms with Gasteiger partial charge >= 0.3 is 0 Å². The molecule has 204 valence electrons. The molecule has 0 aromatic carbocycles. The maximum atomic E-state index is 12.8. The lowest BCUT2D eigenvalue weighted by Gasteiger charge is -2.28. The predicted octanol–water partition coefficient (Wildman–Crippen LogP) is 4.55. The SMILES string of the molecule is C=C1C[C@H](C)C[C@@H]2CC=C[C@@H](C/C=C\C(=O)N[C@H]([C@@H](O)/C=C/[C@@H]3CC(C)=CCO3)C[C@@H]3C[C@H]3[C@@H](O)C1)O2. The summed E-state index contributed by atoms with van der Waals surface area (Å²) in [6.07, 6.45) is 18.5. The molecule has 1 amide bonds. The number of aliphatic hydroxyl groups excluding tert-OH is 2. The van der Waals surface area contributed by atoms with Crippen LogP contribution in [0, 0.1) is 17.8 Å². The molecule has 4 rings (SSSR count). The lowest BCUT2D eigenvalue weighted by molar-refractivity contribution is -0.117. The quantitative estimate of drug-likeness (QED) is 0.484. The Hall–Kier alpha value is -1.99. The summed E-state index contributed by atoms with van der Waals surface area (Å²) in [7, 11) is 0. The van der Waals surface area contributed by atoms with Crippen molar-refractivity contribution >= 4 is 5.91 Å². The number of rotatable bonds is 3. The molecule has 0 radical (unpaired) electrons. The van der Waals surface area contributed by atoms with Gasteiger partial charge in [0.15, 0.2) is 0 Å². The number of hydrogen-bond acceptors (Lipinski definition) is 5. The van der Waals surface area contributed by atoms with Crippen LogP contribution in [0.4, 0.5) is 0 Å². The number of amides is 1. The second-order valence-corrected chi connectivity index (χ2v) is 11.7. The first-order valence-corrected chi connectivity index (χ1v) is 14.0. The fourth-order valence-electron chi connectivity index (χ4n) is 6.00. The Bertz CT molecular complexity index is 921. The molecule has 1 saturated carbocycles. The molecule has 2 bridgehead atoms. The zero-order valence-electron chi connectivity index (χ0n) is 22.4. The third-order valence-corrected chi connectivity index (χ3v) is 8.11. The van der Waals surface area contributed by atoms with Crippen LogP contribution in [0.2, 0.25) is 0 Å². The molecular formula is C31H45NO5. The third-order valence-electron chi connectivity index (χ3n) is 8.11. The first-order valence-electron chi connectivity index (χ1n) is 14.0. The van der Waals surface area contributed by atoms with Crippen molar-refractivity contribution in [3.8, 4) is 0 Å². The average molecular weight is 512 g/mol. The molecule has 0 saturated heterocycles. The molecule has 0 aromatic heterocycles. The van der Waals surface area contributed by atoms with Crippen LogP contribution in [0.25, 0.3) is 0 Å². The van der Waals surface area contributed by atoms with E-state index in [0.717, 1.165) is 37.7 Å². The van der Waals surface area contributed by atoms with E-state index in [0.29, 0.717) is 31.8 Å². The highest BCUT2D eigenvalue weighted by atomic mass is 16.5. The molecule has 0 unspecified atom stereocenters. The Morgan fingerprint density at radius 3 is 2.81 bits per heavy atom. The molecule has 1 fully saturated rings. The van der Waals surface area contributed by atoms with Crippen molar-refractivity contribution in [3.63, 3.8) is 0 Å². The van der Waals surface area contributed by atoms with E-state index in [1.54, 1.807) is 12.2 Å². The maximum Gasteiger partial charge on any atom is 0.243 e. The van der Waals surface area contributed by atoms with Gasteiger partial charge in [0.05, 0.1) is 43.2 Å². The summed E-state index contributed by atoms with van der Waals surface area (Å²) >= 11 is 0. The van der Waals surface area contributed by atoms with Gasteiger partial charge in [0.1, 0.15) is 0 Å². The minimum absolute atomic E-state index is 0.0385. The minimum atomic E-state index is -0.836. The van der Waals surface area contributed by atoms with Gasteiger partial charge < -0.3 is 25.0 Å². The number of carbonyl (C=O) groups is 1. The monoisotopic (exact) mass is 511 g/mol. The summed E-state index contributed by atoms with van der Waals surface area (Å²) in [4.78, 5) is 12.8. The van der Waals surface area contributed by atoms with E-state index in [-0.39, 0.29) is 36.1 Å². The minimum Gasteiger partial charge on any atom is -0.392 e. The molecule has 6 heteroatoms. The highest BCUT2D eigenvalue weighted by Crippen LogP contribution is 2.46. The lowest BCUT2D eigenvalue weighted by atomic mass is 9.90. The van der Waals surface area contributed by atoms with E-state index < -0.39 is 18.2 Å². The Balaban J connectivity index is 1.44. The van der Waals surface area contributed by atoms with Gasteiger partial charge in [-0.2, -0.15) is 0 Å². The Morgan fingerprint density at radius 2 is 2.00 bits per heavy atom. The molecular weight excluding hydrogens is 466 g/mol. The highest BCUT2D eigenvalue weighted by Gasteiger charge is 2.44. The molecule has 6 nitrogen and oxygen atoms in total. The van der Waals surface area contributed by atoms with E-state index in [4.69, 9.17) is 9.47 Å². The number of carbonyl (C=O) groups excluding carboxylic acids is 1. The van der Waals surface area contributed by atoms with Gasteiger partial charge in [-0.05, 0) is 82.1 Å². The fraction of sp³-hybridized carbons (Fsp3) is 0.645. The summed E-state index contributed by atoms with van der Waals surface area (Å²) in [5.74, 6) is 0.665. The average Bonchev–Trinajstić information content (AvgIpc) is 3.61. The van der Waals surface area contributed by atoms with E-state index in [2.05, 4.69) is 44.0 Å². The lowest BCUT2D eigenvalue weighted by Crippen LogP contribution is -2.42. The van der Waals surface area contributed by atoms with Crippen LogP contribution < -0.4 is 5.32 Å². The second-order valence-electron chi connectivity index (χ2n) is 11.7. The Kier molecular flexibility index (Phi) is 9.99. The largest absolute Gasteiger partial charge is 0.392 e. The van der Waals surface area contributed by atoms with Crippen LogP contribution in [0.1, 0.15) is 65.2 Å². The van der Waals surface area contributed by atoms with Gasteiger partial charge in [-0.15, -0.1) is 0 Å². The second kappa shape index (κ2) is 13.2. The Morgan fingerprint density at radius 1 is 1.16 bits per heavy atom. The number of fused-ring (bicyclic) bond motifs is 3. The normalized spacial score (nSPS) is 39.6. The molecule has 3 aliphatic heterocycles. The number of nitrogens with one attached hydrogen (secondary N) is 1. The zero-order valence-corrected chi connectivity index (χ0v) is 22.4. The fourth-order valence-corrected chi connectivity index (χ4v) is 6.00. The van der Waals surface area contributed by atoms with E-state index in [1.165, 1.54) is 5.57 Å². The Labute approximate surface area is 222 Å². The molecule has 0 spiro atoms. The predicted molar refractivity (Wildman–Crippen MR) is 146 cm³/mol. The van der Waals surface area contributed by atoms with Crippen LogP contribution in [0.15, 0.2) is 60.3 Å². The molecule has 4 aliphatic rings. The summed E-state index contributed by atoms with van der Waals surface area (Å²) in [5.41, 5.74) is 2.36. The summed E-state index contributed by atoms with van der Waals surface area (Å²) in [5, 5.41) is 24.9. The molecule has 3 N–H and O–H groups in total. The molecule has 9 atom stereocenters. The van der Waals surface area contributed by atoms with Gasteiger partial charge in [0.25, 0.3) is 0 Å². The zero-order chi connectivity index (χ0) is 26.4. The molecule has 0 aromatic rings. The van der Waals surface area contributed by atoms with E-state index in [9.17, 15) is 15.0 Å². The van der Waals surface area contributed by atoms with Crippen LogP contribution in [-0.4, -0.2) is 59.3 Å². The number of hydrogen-bond donors (Lipinski definition) is 3. The van der Waals surface area contributed by atoms with Crippen molar-refractivity contribution < 1.29 is 24.5 Å². The van der Waals surface area contributed by atoms with Crippen LogP contribution in [-0.2, 0) is 14.3 Å². The van der Waals surface area contributed by atoms with Crippen LogP contribution in [0.3, 0.4) is 0 Å². The van der Waals surface area contributed by atoms with Crippen LogP contribution >= 0.6 is 0 Å². The van der Waals surface area contributed by atoms with Crippen molar-refractivity contribution in [2.45, 2.75) is 102 Å². The van der Waals surface area contributed by atoms with Gasteiger partial charge in [-0.1, -0.05) is 61.1 Å². The first kappa shape index (κ1) is 28.0. The summed E-state index contributed by atoms with van der Waals surface area (Å²) < 4.78 is 12.0. The third kappa shape index (κ3) is 8.78. The highest BCUT2D eigenvalue weighted by molar-refractivity contribution is 5.87. The van der Waals surface area contributed by atoms with E-state index in [1.807, 2.05) is 12.2 Å². The van der Waals surface area contributed by atoms with Crippen molar-refractivity contribution in [2.24, 2.45) is 17.8 Å². The van der Waals surface area contributed by atoms with Gasteiger partial charge in [-0.3, -0.25) is 4.79 Å². The summed E-state index contributed by atoms with van der Waals surface area (Å²) in [6, 6.07) is -0.437.